The third-order valence-electron chi connectivity index (χ3n) is 2.93. The highest BCUT2D eigenvalue weighted by Gasteiger charge is 2.13. The van der Waals surface area contributed by atoms with Crippen LogP contribution in [0.3, 0.4) is 0 Å². The van der Waals surface area contributed by atoms with Gasteiger partial charge in [-0.3, -0.25) is 4.79 Å². The minimum absolute atomic E-state index is 0.0611. The Morgan fingerprint density at radius 1 is 1.35 bits per heavy atom. The highest BCUT2D eigenvalue weighted by Crippen LogP contribution is 2.28. The molecule has 0 aliphatic carbocycles. The normalized spacial score (nSPS) is 10.5. The van der Waals surface area contributed by atoms with Crippen LogP contribution < -0.4 is 15.4 Å². The van der Waals surface area contributed by atoms with Crippen molar-refractivity contribution in [3.05, 3.63) is 18.2 Å². The lowest BCUT2D eigenvalue weighted by molar-refractivity contribution is -0.127. The summed E-state index contributed by atoms with van der Waals surface area (Å²) in [6, 6.07) is 5.62. The van der Waals surface area contributed by atoms with Crippen LogP contribution in [0.2, 0.25) is 0 Å². The molecule has 0 aliphatic heterocycles. The molecule has 2 N–H and O–H groups in total. The summed E-state index contributed by atoms with van der Waals surface area (Å²) in [6.07, 6.45) is 0.0611. The first-order chi connectivity index (χ1) is 9.35. The topological polar surface area (TPSA) is 58.8 Å². The van der Waals surface area contributed by atoms with E-state index in [-0.39, 0.29) is 12.0 Å². The molecule has 0 aromatic heterocycles. The van der Waals surface area contributed by atoms with E-state index >= 15 is 0 Å². The van der Waals surface area contributed by atoms with Crippen molar-refractivity contribution in [2.24, 2.45) is 0 Å². The van der Waals surface area contributed by atoms with E-state index in [2.05, 4.69) is 0 Å². The van der Waals surface area contributed by atoms with Crippen molar-refractivity contribution in [2.45, 2.75) is 26.9 Å². The van der Waals surface area contributed by atoms with Gasteiger partial charge in [0.25, 0.3) is 0 Å². The maximum Gasteiger partial charge on any atom is 0.241 e. The molecule has 0 saturated heterocycles. The number of nitrogen functional groups attached to an aromatic ring is 1. The summed E-state index contributed by atoms with van der Waals surface area (Å²) in [6.45, 7) is 7.01. The highest BCUT2D eigenvalue weighted by atomic mass is 16.5. The largest absolute Gasteiger partial charge is 0.489 e. The number of hydrogen-bond acceptors (Lipinski definition) is 4. The molecule has 0 bridgehead atoms. The van der Waals surface area contributed by atoms with Gasteiger partial charge in [0.05, 0.1) is 18.3 Å². The molecule has 1 aromatic carbocycles. The summed E-state index contributed by atoms with van der Waals surface area (Å²) in [5.74, 6) is 0.725. The lowest BCUT2D eigenvalue weighted by Gasteiger charge is -2.25. The van der Waals surface area contributed by atoms with Crippen LogP contribution in [0.15, 0.2) is 18.2 Å². The monoisotopic (exact) mass is 279 g/mol. The van der Waals surface area contributed by atoms with E-state index in [1.54, 1.807) is 19.0 Å². The molecular weight excluding hydrogens is 254 g/mol. The number of rotatable bonds is 6. The van der Waals surface area contributed by atoms with E-state index in [0.29, 0.717) is 18.0 Å². The van der Waals surface area contributed by atoms with Crippen LogP contribution in [-0.4, -0.2) is 44.1 Å². The predicted octanol–water partition coefficient (Wildman–Crippen LogP) is 1.97. The molecule has 0 spiro atoms. The Labute approximate surface area is 121 Å². The SMILES string of the molecule is CCN(CC(=O)N(C)C)c1ccc(N)c(OC(C)C)c1. The van der Waals surface area contributed by atoms with E-state index in [4.69, 9.17) is 10.5 Å². The van der Waals surface area contributed by atoms with Gasteiger partial charge in [0.1, 0.15) is 5.75 Å². The van der Waals surface area contributed by atoms with Gasteiger partial charge in [0, 0.05) is 32.4 Å². The van der Waals surface area contributed by atoms with E-state index in [0.717, 1.165) is 12.2 Å². The molecule has 0 atom stereocenters. The number of likely N-dealkylation sites (N-methyl/N-ethyl adjacent to an activating group) is 2. The smallest absolute Gasteiger partial charge is 0.241 e. The number of anilines is 2. The fourth-order valence-corrected chi connectivity index (χ4v) is 1.77. The van der Waals surface area contributed by atoms with Crippen molar-refractivity contribution in [3.8, 4) is 5.75 Å². The number of benzene rings is 1. The van der Waals surface area contributed by atoms with Crippen LogP contribution in [0.5, 0.6) is 5.75 Å². The van der Waals surface area contributed by atoms with Crippen molar-refractivity contribution >= 4 is 17.3 Å². The molecule has 1 aromatic rings. The second-order valence-electron chi connectivity index (χ2n) is 5.19. The van der Waals surface area contributed by atoms with Crippen molar-refractivity contribution in [3.63, 3.8) is 0 Å². The molecule has 0 unspecified atom stereocenters. The van der Waals surface area contributed by atoms with Crippen molar-refractivity contribution in [1.29, 1.82) is 0 Å². The average molecular weight is 279 g/mol. The minimum atomic E-state index is 0.0611. The summed E-state index contributed by atoms with van der Waals surface area (Å²) in [7, 11) is 3.51. The number of amides is 1. The Balaban J connectivity index is 2.95. The van der Waals surface area contributed by atoms with Crippen LogP contribution >= 0.6 is 0 Å². The number of nitrogens with zero attached hydrogens (tertiary/aromatic N) is 2. The predicted molar refractivity (Wildman–Crippen MR) is 83.2 cm³/mol. The van der Waals surface area contributed by atoms with Gasteiger partial charge in [-0.05, 0) is 32.9 Å². The van der Waals surface area contributed by atoms with Crippen LogP contribution in [0.25, 0.3) is 0 Å². The minimum Gasteiger partial charge on any atom is -0.489 e. The van der Waals surface area contributed by atoms with Gasteiger partial charge in [0.2, 0.25) is 5.91 Å². The zero-order valence-corrected chi connectivity index (χ0v) is 13.0. The molecular formula is C15H25N3O2. The third kappa shape index (κ3) is 4.33. The number of nitrogens with two attached hydrogens (primary N) is 1. The molecule has 5 nitrogen and oxygen atoms in total. The number of carbonyl (C=O) groups excluding carboxylic acids is 1. The molecule has 112 valence electrons. The molecule has 1 rings (SSSR count). The van der Waals surface area contributed by atoms with E-state index in [9.17, 15) is 4.79 Å². The molecule has 0 aliphatic rings. The standard InChI is InChI=1S/C15H25N3O2/c1-6-18(10-15(19)17(4)5)12-7-8-13(16)14(9-12)20-11(2)3/h7-9,11H,6,10,16H2,1-5H3. The summed E-state index contributed by atoms with van der Waals surface area (Å²) < 4.78 is 5.69. The maximum atomic E-state index is 11.8. The van der Waals surface area contributed by atoms with Gasteiger partial charge < -0.3 is 20.3 Å². The third-order valence-corrected chi connectivity index (χ3v) is 2.93. The van der Waals surface area contributed by atoms with Gasteiger partial charge in [-0.1, -0.05) is 0 Å². The number of ether oxygens (including phenoxy) is 1. The second-order valence-corrected chi connectivity index (χ2v) is 5.19. The van der Waals surface area contributed by atoms with Gasteiger partial charge in [0.15, 0.2) is 0 Å². The fourth-order valence-electron chi connectivity index (χ4n) is 1.77. The van der Waals surface area contributed by atoms with E-state index < -0.39 is 0 Å². The molecule has 0 fully saturated rings. The second kappa shape index (κ2) is 7.03. The molecule has 5 heteroatoms. The van der Waals surface area contributed by atoms with Gasteiger partial charge in [-0.15, -0.1) is 0 Å². The lowest BCUT2D eigenvalue weighted by atomic mass is 10.2. The molecule has 20 heavy (non-hydrogen) atoms. The summed E-state index contributed by atoms with van der Waals surface area (Å²) >= 11 is 0. The number of carbonyl (C=O) groups is 1. The quantitative estimate of drug-likeness (QED) is 0.809. The van der Waals surface area contributed by atoms with E-state index in [1.165, 1.54) is 0 Å². The average Bonchev–Trinajstić information content (AvgIpc) is 2.37. The Hall–Kier alpha value is -1.91. The zero-order valence-electron chi connectivity index (χ0n) is 13.0. The zero-order chi connectivity index (χ0) is 15.3. The molecule has 0 radical (unpaired) electrons. The van der Waals surface area contributed by atoms with Gasteiger partial charge in [-0.25, -0.2) is 0 Å². The van der Waals surface area contributed by atoms with E-state index in [1.807, 2.05) is 43.9 Å². The first-order valence-corrected chi connectivity index (χ1v) is 6.86. The highest BCUT2D eigenvalue weighted by molar-refractivity contribution is 5.81. The Morgan fingerprint density at radius 3 is 2.50 bits per heavy atom. The summed E-state index contributed by atoms with van der Waals surface area (Å²) in [5.41, 5.74) is 7.46. The number of hydrogen-bond donors (Lipinski definition) is 1. The van der Waals surface area contributed by atoms with Crippen LogP contribution in [0.4, 0.5) is 11.4 Å². The molecule has 1 amide bonds. The van der Waals surface area contributed by atoms with Crippen molar-refractivity contribution in [2.75, 3.05) is 37.8 Å². The fraction of sp³-hybridized carbons (Fsp3) is 0.533. The Bertz CT molecular complexity index is 458. The maximum absolute atomic E-state index is 11.8. The lowest BCUT2D eigenvalue weighted by Crippen LogP contribution is -2.36. The Kier molecular flexibility index (Phi) is 5.67. The molecule has 0 saturated carbocycles. The van der Waals surface area contributed by atoms with Gasteiger partial charge in [-0.2, -0.15) is 0 Å². The first kappa shape index (κ1) is 16.1. The van der Waals surface area contributed by atoms with Crippen LogP contribution in [0, 0.1) is 0 Å². The van der Waals surface area contributed by atoms with Crippen molar-refractivity contribution < 1.29 is 9.53 Å². The molecule has 0 heterocycles. The van der Waals surface area contributed by atoms with Crippen LogP contribution in [-0.2, 0) is 4.79 Å². The van der Waals surface area contributed by atoms with Crippen LogP contribution in [0.1, 0.15) is 20.8 Å². The first-order valence-electron chi connectivity index (χ1n) is 6.86. The van der Waals surface area contributed by atoms with Gasteiger partial charge >= 0.3 is 0 Å². The Morgan fingerprint density at radius 2 is 2.00 bits per heavy atom. The van der Waals surface area contributed by atoms with Crippen molar-refractivity contribution in [1.82, 2.24) is 4.90 Å². The summed E-state index contributed by atoms with van der Waals surface area (Å²) in [4.78, 5) is 15.4. The summed E-state index contributed by atoms with van der Waals surface area (Å²) in [5, 5.41) is 0.